The van der Waals surface area contributed by atoms with Crippen molar-refractivity contribution >= 4 is 0 Å². The van der Waals surface area contributed by atoms with Gasteiger partial charge in [-0.15, -0.1) is 0 Å². The van der Waals surface area contributed by atoms with Crippen LogP contribution in [0.1, 0.15) is 18.1 Å². The molecule has 2 N–H and O–H groups in total. The van der Waals surface area contributed by atoms with E-state index in [-0.39, 0.29) is 18.5 Å². The van der Waals surface area contributed by atoms with Gasteiger partial charge in [0.25, 0.3) is 0 Å². The fourth-order valence-corrected chi connectivity index (χ4v) is 1.18. The highest BCUT2D eigenvalue weighted by Crippen LogP contribution is 2.09. The second-order valence-electron chi connectivity index (χ2n) is 3.54. The lowest BCUT2D eigenvalue weighted by atomic mass is 10.1. The van der Waals surface area contributed by atoms with Crippen molar-refractivity contribution in [2.75, 3.05) is 6.61 Å². The van der Waals surface area contributed by atoms with E-state index in [1.807, 2.05) is 13.8 Å². The second kappa shape index (κ2) is 5.08. The Morgan fingerprint density at radius 3 is 2.86 bits per heavy atom. The standard InChI is InChI=1S/C11H16FNO/c1-8-3-4-11(12)5-10(8)6-13-9(2)7-14/h3-5,9,13-14H,6-7H2,1-2H3. The maximum absolute atomic E-state index is 12.9. The molecule has 0 fully saturated rings. The van der Waals surface area contributed by atoms with Crippen LogP contribution in [0.3, 0.4) is 0 Å². The van der Waals surface area contributed by atoms with Gasteiger partial charge in [-0.1, -0.05) is 6.07 Å². The molecule has 0 spiro atoms. The van der Waals surface area contributed by atoms with Gasteiger partial charge < -0.3 is 10.4 Å². The Labute approximate surface area is 83.8 Å². The summed E-state index contributed by atoms with van der Waals surface area (Å²) in [7, 11) is 0. The fourth-order valence-electron chi connectivity index (χ4n) is 1.18. The summed E-state index contributed by atoms with van der Waals surface area (Å²) in [5.41, 5.74) is 1.99. The van der Waals surface area contributed by atoms with Crippen LogP contribution in [0.15, 0.2) is 18.2 Å². The summed E-state index contributed by atoms with van der Waals surface area (Å²) in [4.78, 5) is 0. The largest absolute Gasteiger partial charge is 0.395 e. The average molecular weight is 197 g/mol. The van der Waals surface area contributed by atoms with Gasteiger partial charge in [0, 0.05) is 12.6 Å². The van der Waals surface area contributed by atoms with E-state index in [0.717, 1.165) is 11.1 Å². The first kappa shape index (κ1) is 11.1. The van der Waals surface area contributed by atoms with E-state index >= 15 is 0 Å². The van der Waals surface area contributed by atoms with E-state index in [1.165, 1.54) is 12.1 Å². The molecule has 1 aromatic carbocycles. The van der Waals surface area contributed by atoms with Crippen LogP contribution >= 0.6 is 0 Å². The summed E-state index contributed by atoms with van der Waals surface area (Å²) in [6, 6.07) is 4.77. The highest BCUT2D eigenvalue weighted by atomic mass is 19.1. The molecule has 14 heavy (non-hydrogen) atoms. The molecule has 0 radical (unpaired) electrons. The monoisotopic (exact) mass is 197 g/mol. The number of aryl methyl sites for hydroxylation is 1. The van der Waals surface area contributed by atoms with Gasteiger partial charge in [-0.2, -0.15) is 0 Å². The first-order valence-electron chi connectivity index (χ1n) is 4.72. The number of rotatable bonds is 4. The summed E-state index contributed by atoms with van der Waals surface area (Å²) < 4.78 is 12.9. The molecule has 1 rings (SSSR count). The molecule has 1 aromatic rings. The summed E-state index contributed by atoms with van der Waals surface area (Å²) >= 11 is 0. The molecule has 1 atom stereocenters. The molecule has 1 unspecified atom stereocenters. The van der Waals surface area contributed by atoms with Gasteiger partial charge in [-0.3, -0.25) is 0 Å². The van der Waals surface area contributed by atoms with E-state index in [1.54, 1.807) is 6.07 Å². The van der Waals surface area contributed by atoms with Gasteiger partial charge in [0.1, 0.15) is 5.82 Å². The molecule has 0 aliphatic carbocycles. The molecule has 0 aliphatic rings. The second-order valence-corrected chi connectivity index (χ2v) is 3.54. The molecular weight excluding hydrogens is 181 g/mol. The van der Waals surface area contributed by atoms with Crippen molar-refractivity contribution in [3.63, 3.8) is 0 Å². The normalized spacial score (nSPS) is 12.9. The van der Waals surface area contributed by atoms with Crippen LogP contribution in [0, 0.1) is 12.7 Å². The smallest absolute Gasteiger partial charge is 0.123 e. The van der Waals surface area contributed by atoms with Crippen LogP contribution in [0.2, 0.25) is 0 Å². The third-order valence-electron chi connectivity index (χ3n) is 2.23. The van der Waals surface area contributed by atoms with Crippen LogP contribution in [0.25, 0.3) is 0 Å². The maximum atomic E-state index is 12.9. The van der Waals surface area contributed by atoms with Crippen molar-refractivity contribution in [2.24, 2.45) is 0 Å². The zero-order chi connectivity index (χ0) is 10.6. The van der Waals surface area contributed by atoms with Crippen molar-refractivity contribution in [1.29, 1.82) is 0 Å². The van der Waals surface area contributed by atoms with Gasteiger partial charge in [0.2, 0.25) is 0 Å². The van der Waals surface area contributed by atoms with Crippen molar-refractivity contribution in [3.8, 4) is 0 Å². The summed E-state index contributed by atoms with van der Waals surface area (Å²) in [5.74, 6) is -0.218. The number of hydrogen-bond donors (Lipinski definition) is 2. The van der Waals surface area contributed by atoms with E-state index in [2.05, 4.69) is 5.32 Å². The third kappa shape index (κ3) is 3.09. The van der Waals surface area contributed by atoms with Gasteiger partial charge >= 0.3 is 0 Å². The van der Waals surface area contributed by atoms with E-state index in [4.69, 9.17) is 5.11 Å². The highest BCUT2D eigenvalue weighted by molar-refractivity contribution is 5.26. The number of benzene rings is 1. The Bertz CT molecular complexity index is 301. The van der Waals surface area contributed by atoms with Crippen LogP contribution in [-0.4, -0.2) is 17.8 Å². The molecule has 0 aliphatic heterocycles. The average Bonchev–Trinajstić information content (AvgIpc) is 2.19. The first-order valence-corrected chi connectivity index (χ1v) is 4.72. The lowest BCUT2D eigenvalue weighted by Gasteiger charge is -2.12. The van der Waals surface area contributed by atoms with E-state index in [0.29, 0.717) is 6.54 Å². The first-order chi connectivity index (χ1) is 6.63. The van der Waals surface area contributed by atoms with E-state index < -0.39 is 0 Å². The Kier molecular flexibility index (Phi) is 4.04. The minimum Gasteiger partial charge on any atom is -0.395 e. The van der Waals surface area contributed by atoms with Gasteiger partial charge in [-0.05, 0) is 37.1 Å². The number of halogens is 1. The van der Waals surface area contributed by atoms with Crippen molar-refractivity contribution in [2.45, 2.75) is 26.4 Å². The number of nitrogens with one attached hydrogen (secondary N) is 1. The summed E-state index contributed by atoms with van der Waals surface area (Å²) in [6.07, 6.45) is 0. The molecular formula is C11H16FNO. The Morgan fingerprint density at radius 1 is 1.50 bits per heavy atom. The van der Waals surface area contributed by atoms with Crippen molar-refractivity contribution < 1.29 is 9.50 Å². The topological polar surface area (TPSA) is 32.3 Å². The molecule has 0 amide bonds. The predicted molar refractivity (Wildman–Crippen MR) is 54.5 cm³/mol. The minimum atomic E-state index is -0.218. The zero-order valence-electron chi connectivity index (χ0n) is 8.55. The van der Waals surface area contributed by atoms with Crippen molar-refractivity contribution in [3.05, 3.63) is 35.1 Å². The third-order valence-corrected chi connectivity index (χ3v) is 2.23. The number of hydrogen-bond acceptors (Lipinski definition) is 2. The Morgan fingerprint density at radius 2 is 2.21 bits per heavy atom. The molecule has 78 valence electrons. The van der Waals surface area contributed by atoms with Crippen LogP contribution in [0.5, 0.6) is 0 Å². The van der Waals surface area contributed by atoms with Crippen LogP contribution in [0.4, 0.5) is 4.39 Å². The quantitative estimate of drug-likeness (QED) is 0.768. The van der Waals surface area contributed by atoms with Gasteiger partial charge in [0.05, 0.1) is 6.61 Å². The molecule has 3 heteroatoms. The zero-order valence-corrected chi connectivity index (χ0v) is 8.55. The van der Waals surface area contributed by atoms with Gasteiger partial charge in [0.15, 0.2) is 0 Å². The summed E-state index contributed by atoms with van der Waals surface area (Å²) in [6.45, 7) is 4.51. The molecule has 0 aromatic heterocycles. The SMILES string of the molecule is Cc1ccc(F)cc1CNC(C)CO. The van der Waals surface area contributed by atoms with Crippen molar-refractivity contribution in [1.82, 2.24) is 5.32 Å². The molecule has 0 saturated heterocycles. The van der Waals surface area contributed by atoms with Crippen LogP contribution in [-0.2, 0) is 6.54 Å². The van der Waals surface area contributed by atoms with Gasteiger partial charge in [-0.25, -0.2) is 4.39 Å². The maximum Gasteiger partial charge on any atom is 0.123 e. The lowest BCUT2D eigenvalue weighted by molar-refractivity contribution is 0.251. The highest BCUT2D eigenvalue weighted by Gasteiger charge is 2.02. The van der Waals surface area contributed by atoms with Crippen LogP contribution < -0.4 is 5.32 Å². The molecule has 2 nitrogen and oxygen atoms in total. The summed E-state index contributed by atoms with van der Waals surface area (Å²) in [5, 5.41) is 11.9. The predicted octanol–water partition coefficient (Wildman–Crippen LogP) is 1.60. The Hall–Kier alpha value is -0.930. The van der Waals surface area contributed by atoms with E-state index in [9.17, 15) is 4.39 Å². The fraction of sp³-hybridized carbons (Fsp3) is 0.455. The molecule has 0 bridgehead atoms. The molecule has 0 heterocycles. The number of aliphatic hydroxyl groups is 1. The number of aliphatic hydroxyl groups excluding tert-OH is 1. The molecule has 0 saturated carbocycles. The minimum absolute atomic E-state index is 0.0395. The lowest BCUT2D eigenvalue weighted by Crippen LogP contribution is -2.28. The Balaban J connectivity index is 2.62.